The third kappa shape index (κ3) is 5.01. The fourth-order valence-electron chi connectivity index (χ4n) is 2.29. The van der Waals surface area contributed by atoms with Gasteiger partial charge in [-0.3, -0.25) is 14.7 Å². The number of halogens is 3. The van der Waals surface area contributed by atoms with Crippen LogP contribution >= 0.6 is 0 Å². The quantitative estimate of drug-likeness (QED) is 0.646. The number of aromatic nitrogens is 6. The van der Waals surface area contributed by atoms with Crippen molar-refractivity contribution in [1.29, 1.82) is 0 Å². The summed E-state index contributed by atoms with van der Waals surface area (Å²) >= 11 is 0. The number of hydrogen-bond acceptors (Lipinski definition) is 6. The maximum Gasteiger partial charge on any atom is 0.451 e. The number of amides is 1. The van der Waals surface area contributed by atoms with Gasteiger partial charge >= 0.3 is 12.1 Å². The Morgan fingerprint density at radius 3 is 2.48 bits per heavy atom. The molecule has 0 fully saturated rings. The van der Waals surface area contributed by atoms with Crippen molar-refractivity contribution in [3.8, 4) is 5.95 Å². The van der Waals surface area contributed by atoms with E-state index >= 15 is 0 Å². The van der Waals surface area contributed by atoms with Gasteiger partial charge in [0.05, 0.1) is 5.92 Å². The third-order valence-electron chi connectivity index (χ3n) is 3.52. The lowest BCUT2D eigenvalue weighted by molar-refractivity contribution is -0.145. The molecule has 1 unspecified atom stereocenters. The van der Waals surface area contributed by atoms with E-state index in [0.717, 1.165) is 4.68 Å². The summed E-state index contributed by atoms with van der Waals surface area (Å²) in [5.41, 5.74) is 0. The topological polar surface area (TPSA) is 139 Å². The van der Waals surface area contributed by atoms with Crippen LogP contribution in [0.1, 0.15) is 42.5 Å². The number of alkyl halides is 3. The second-order valence-corrected chi connectivity index (χ2v) is 6.25. The molecule has 1 atom stereocenters. The molecule has 0 saturated carbocycles. The molecule has 0 radical (unpaired) electrons. The molecule has 0 aliphatic rings. The molecule has 2 aromatic heterocycles. The SMILES string of the molecule is Cc1nc(C(=O)NCC(CC(C)C)C(=O)O)nn1-c1n[nH]c(C(F)(F)F)n1. The van der Waals surface area contributed by atoms with Gasteiger partial charge < -0.3 is 10.4 Å². The van der Waals surface area contributed by atoms with E-state index in [1.807, 2.05) is 13.8 Å². The van der Waals surface area contributed by atoms with Crippen LogP contribution in [-0.4, -0.2) is 53.5 Å². The Morgan fingerprint density at radius 2 is 1.96 bits per heavy atom. The first-order chi connectivity index (χ1) is 12.5. The van der Waals surface area contributed by atoms with Crippen LogP contribution in [0.3, 0.4) is 0 Å². The Kier molecular flexibility index (Phi) is 5.81. The summed E-state index contributed by atoms with van der Waals surface area (Å²) in [6.07, 6.45) is -4.34. The molecule has 0 spiro atoms. The van der Waals surface area contributed by atoms with Crippen LogP contribution in [0.4, 0.5) is 13.2 Å². The normalized spacial score (nSPS) is 13.0. The van der Waals surface area contributed by atoms with Gasteiger partial charge in [-0.05, 0) is 19.3 Å². The smallest absolute Gasteiger partial charge is 0.451 e. The zero-order valence-electron chi connectivity index (χ0n) is 14.7. The minimum atomic E-state index is -4.71. The number of hydrogen-bond donors (Lipinski definition) is 3. The van der Waals surface area contributed by atoms with E-state index in [1.165, 1.54) is 6.92 Å². The van der Waals surface area contributed by atoms with Gasteiger partial charge in [0.2, 0.25) is 11.6 Å². The van der Waals surface area contributed by atoms with E-state index < -0.39 is 35.7 Å². The Labute approximate surface area is 151 Å². The molecule has 13 heteroatoms. The number of carbonyl (C=O) groups is 2. The number of aromatic amines is 1. The summed E-state index contributed by atoms with van der Waals surface area (Å²) < 4.78 is 38.7. The Hall–Kier alpha value is -2.99. The molecule has 0 bridgehead atoms. The number of carboxylic acid groups (broad SMARTS) is 1. The van der Waals surface area contributed by atoms with E-state index in [9.17, 15) is 27.9 Å². The fraction of sp³-hybridized carbons (Fsp3) is 0.571. The molecule has 0 aliphatic carbocycles. The standard InChI is InChI=1S/C14H18F3N7O3/c1-6(2)4-8(11(26)27)5-18-10(25)9-19-7(3)24(23-9)13-20-12(21-22-13)14(15,16)17/h6,8H,4-5H2,1-3H3,(H,18,25)(H,26,27)(H,20,21,22). The molecule has 3 N–H and O–H groups in total. The van der Waals surface area contributed by atoms with E-state index in [2.05, 4.69) is 25.5 Å². The van der Waals surface area contributed by atoms with Gasteiger partial charge in [0.1, 0.15) is 5.82 Å². The van der Waals surface area contributed by atoms with Crippen molar-refractivity contribution in [2.24, 2.45) is 11.8 Å². The number of carboxylic acids is 1. The van der Waals surface area contributed by atoms with Gasteiger partial charge in [0.15, 0.2) is 0 Å². The lowest BCUT2D eigenvalue weighted by Gasteiger charge is -2.14. The Bertz CT molecular complexity index is 828. The first-order valence-electron chi connectivity index (χ1n) is 7.93. The maximum absolute atomic E-state index is 12.6. The van der Waals surface area contributed by atoms with Gasteiger partial charge in [0.25, 0.3) is 11.9 Å². The van der Waals surface area contributed by atoms with Crippen LogP contribution in [0.5, 0.6) is 0 Å². The Balaban J connectivity index is 2.12. The second kappa shape index (κ2) is 7.72. The van der Waals surface area contributed by atoms with Gasteiger partial charge in [-0.2, -0.15) is 22.8 Å². The van der Waals surface area contributed by atoms with Crippen molar-refractivity contribution >= 4 is 11.9 Å². The van der Waals surface area contributed by atoms with Crippen molar-refractivity contribution in [2.75, 3.05) is 6.54 Å². The van der Waals surface area contributed by atoms with E-state index in [4.69, 9.17) is 0 Å². The summed E-state index contributed by atoms with van der Waals surface area (Å²) in [4.78, 5) is 30.5. The molecule has 27 heavy (non-hydrogen) atoms. The van der Waals surface area contributed by atoms with Gasteiger partial charge in [-0.1, -0.05) is 13.8 Å². The lowest BCUT2D eigenvalue weighted by atomic mass is 9.97. The van der Waals surface area contributed by atoms with Gasteiger partial charge in [0, 0.05) is 6.54 Å². The van der Waals surface area contributed by atoms with Crippen molar-refractivity contribution in [2.45, 2.75) is 33.4 Å². The van der Waals surface area contributed by atoms with Crippen LogP contribution in [0.15, 0.2) is 0 Å². The average Bonchev–Trinajstić information content (AvgIpc) is 3.16. The maximum atomic E-state index is 12.6. The summed E-state index contributed by atoms with van der Waals surface area (Å²) in [5, 5.41) is 20.5. The highest BCUT2D eigenvalue weighted by Gasteiger charge is 2.35. The molecule has 10 nitrogen and oxygen atoms in total. The highest BCUT2D eigenvalue weighted by Crippen LogP contribution is 2.26. The summed E-state index contributed by atoms with van der Waals surface area (Å²) in [5.74, 6) is -4.43. The summed E-state index contributed by atoms with van der Waals surface area (Å²) in [6, 6.07) is 0. The van der Waals surface area contributed by atoms with E-state index in [0.29, 0.717) is 6.42 Å². The largest absolute Gasteiger partial charge is 0.481 e. The number of aryl methyl sites for hydroxylation is 1. The summed E-state index contributed by atoms with van der Waals surface area (Å²) in [7, 11) is 0. The fourth-order valence-corrected chi connectivity index (χ4v) is 2.29. The summed E-state index contributed by atoms with van der Waals surface area (Å²) in [6.45, 7) is 5.00. The molecule has 2 heterocycles. The number of nitrogens with zero attached hydrogens (tertiary/aromatic N) is 5. The van der Waals surface area contributed by atoms with Crippen LogP contribution in [0.25, 0.3) is 5.95 Å². The van der Waals surface area contributed by atoms with Crippen LogP contribution in [0, 0.1) is 18.8 Å². The number of carbonyl (C=O) groups excluding carboxylic acids is 1. The highest BCUT2D eigenvalue weighted by molar-refractivity contribution is 5.90. The van der Waals surface area contributed by atoms with Gasteiger partial charge in [-0.15, -0.1) is 10.2 Å². The number of rotatable bonds is 7. The molecule has 0 aliphatic heterocycles. The van der Waals surface area contributed by atoms with Crippen molar-refractivity contribution in [3.63, 3.8) is 0 Å². The van der Waals surface area contributed by atoms with Gasteiger partial charge in [-0.25, -0.2) is 4.98 Å². The minimum absolute atomic E-state index is 0.0878. The molecule has 2 rings (SSSR count). The number of H-pyrrole nitrogens is 1. The molecule has 0 aromatic carbocycles. The minimum Gasteiger partial charge on any atom is -0.481 e. The van der Waals surface area contributed by atoms with E-state index in [1.54, 1.807) is 5.10 Å². The Morgan fingerprint density at radius 1 is 1.30 bits per heavy atom. The molecule has 148 valence electrons. The first kappa shape index (κ1) is 20.3. The first-order valence-corrected chi connectivity index (χ1v) is 7.93. The van der Waals surface area contributed by atoms with Crippen LogP contribution < -0.4 is 5.32 Å². The van der Waals surface area contributed by atoms with Crippen molar-refractivity contribution in [1.82, 2.24) is 35.3 Å². The molecule has 2 aromatic rings. The second-order valence-electron chi connectivity index (χ2n) is 6.25. The number of aliphatic carboxylic acids is 1. The van der Waals surface area contributed by atoms with E-state index in [-0.39, 0.29) is 24.1 Å². The van der Waals surface area contributed by atoms with Crippen molar-refractivity contribution < 1.29 is 27.9 Å². The van der Waals surface area contributed by atoms with Crippen molar-refractivity contribution in [3.05, 3.63) is 17.5 Å². The average molecular weight is 389 g/mol. The number of nitrogens with one attached hydrogen (secondary N) is 2. The monoisotopic (exact) mass is 389 g/mol. The molecular formula is C14H18F3N7O3. The molecule has 1 amide bonds. The van der Waals surface area contributed by atoms with Crippen LogP contribution in [-0.2, 0) is 11.0 Å². The lowest BCUT2D eigenvalue weighted by Crippen LogP contribution is -2.34. The third-order valence-corrected chi connectivity index (χ3v) is 3.52. The van der Waals surface area contributed by atoms with Crippen LogP contribution in [0.2, 0.25) is 0 Å². The predicted molar refractivity (Wildman–Crippen MR) is 84.0 cm³/mol. The molecular weight excluding hydrogens is 371 g/mol. The zero-order valence-corrected chi connectivity index (χ0v) is 14.7. The predicted octanol–water partition coefficient (Wildman–Crippen LogP) is 1.19. The zero-order chi connectivity index (χ0) is 20.4. The molecule has 0 saturated heterocycles. The highest BCUT2D eigenvalue weighted by atomic mass is 19.4.